The van der Waals surface area contributed by atoms with Crippen LogP contribution in [0.25, 0.3) is 10.8 Å². The molecule has 3 nitrogen and oxygen atoms in total. The topological polar surface area (TPSA) is 37.4 Å². The fraction of sp³-hybridized carbons (Fsp3) is 0.300. The van der Waals surface area contributed by atoms with E-state index in [-0.39, 0.29) is 11.8 Å². The van der Waals surface area contributed by atoms with E-state index in [0.717, 1.165) is 23.6 Å². The van der Waals surface area contributed by atoms with Crippen molar-refractivity contribution in [2.75, 3.05) is 6.54 Å². The van der Waals surface area contributed by atoms with E-state index in [1.807, 2.05) is 43.3 Å². The molecule has 0 bridgehead atoms. The van der Waals surface area contributed by atoms with Gasteiger partial charge in [-0.25, -0.2) is 0 Å². The van der Waals surface area contributed by atoms with Gasteiger partial charge < -0.3 is 0 Å². The molecule has 1 saturated heterocycles. The van der Waals surface area contributed by atoms with E-state index in [4.69, 9.17) is 0 Å². The molecule has 0 aromatic heterocycles. The molecular formula is C20H21NO2. The van der Waals surface area contributed by atoms with Crippen molar-refractivity contribution in [1.82, 2.24) is 4.90 Å². The number of nitrogens with zero attached hydrogens (tertiary/aromatic N) is 1. The third-order valence-electron chi connectivity index (χ3n) is 4.71. The van der Waals surface area contributed by atoms with Gasteiger partial charge in [-0.3, -0.25) is 14.5 Å². The second-order valence-electron chi connectivity index (χ2n) is 6.48. The summed E-state index contributed by atoms with van der Waals surface area (Å²) in [6, 6.07) is 13.5. The average molecular weight is 307 g/mol. The van der Waals surface area contributed by atoms with E-state index in [0.29, 0.717) is 18.5 Å². The zero-order valence-electron chi connectivity index (χ0n) is 13.4. The van der Waals surface area contributed by atoms with E-state index < -0.39 is 5.41 Å². The Bertz CT molecular complexity index is 780. The maximum atomic E-state index is 12.8. The Balaban J connectivity index is 1.91. The Morgan fingerprint density at radius 2 is 2.00 bits per heavy atom. The van der Waals surface area contributed by atoms with Crippen molar-refractivity contribution in [2.24, 2.45) is 5.41 Å². The van der Waals surface area contributed by atoms with Gasteiger partial charge in [-0.05, 0) is 42.2 Å². The maximum Gasteiger partial charge on any atom is 0.260 e. The summed E-state index contributed by atoms with van der Waals surface area (Å²) in [6.07, 6.45) is 4.02. The molecule has 2 aromatic carbocycles. The number of rotatable bonds is 3. The Morgan fingerprint density at radius 1 is 1.26 bits per heavy atom. The number of hydrogen-bond acceptors (Lipinski definition) is 2. The lowest BCUT2D eigenvalue weighted by atomic mass is 9.78. The fourth-order valence-electron chi connectivity index (χ4n) is 3.34. The molecule has 2 aromatic rings. The van der Waals surface area contributed by atoms with E-state index in [9.17, 15) is 9.59 Å². The fourth-order valence-corrected chi connectivity index (χ4v) is 3.34. The maximum absolute atomic E-state index is 12.8. The van der Waals surface area contributed by atoms with Gasteiger partial charge in [0.1, 0.15) is 0 Å². The first-order chi connectivity index (χ1) is 11.0. The molecule has 0 aliphatic carbocycles. The average Bonchev–Trinajstić information content (AvgIpc) is 2.57. The molecule has 118 valence electrons. The van der Waals surface area contributed by atoms with Crippen molar-refractivity contribution in [3.8, 4) is 0 Å². The second-order valence-corrected chi connectivity index (χ2v) is 6.48. The molecule has 1 atom stereocenters. The largest absolute Gasteiger partial charge is 0.278 e. The molecule has 3 rings (SSSR count). The third kappa shape index (κ3) is 2.79. The third-order valence-corrected chi connectivity index (χ3v) is 4.71. The van der Waals surface area contributed by atoms with Crippen LogP contribution in [-0.4, -0.2) is 23.3 Å². The van der Waals surface area contributed by atoms with Gasteiger partial charge in [0.2, 0.25) is 5.91 Å². The van der Waals surface area contributed by atoms with Crippen LogP contribution in [-0.2, 0) is 4.79 Å². The zero-order valence-corrected chi connectivity index (χ0v) is 13.4. The lowest BCUT2D eigenvalue weighted by molar-refractivity contribution is -0.141. The number of hydrogen-bond donors (Lipinski definition) is 0. The SMILES string of the molecule is C=CC[C@]1(C)CCCN(C(=O)c2ccc3ccccc3c2)C1=O. The van der Waals surface area contributed by atoms with Crippen molar-refractivity contribution < 1.29 is 9.59 Å². The Hall–Kier alpha value is -2.42. The quantitative estimate of drug-likeness (QED) is 0.630. The molecule has 2 amide bonds. The van der Waals surface area contributed by atoms with E-state index in [1.165, 1.54) is 4.90 Å². The summed E-state index contributed by atoms with van der Waals surface area (Å²) in [5, 5.41) is 2.10. The number of piperidine rings is 1. The highest BCUT2D eigenvalue weighted by Gasteiger charge is 2.41. The Kier molecular flexibility index (Phi) is 4.03. The van der Waals surface area contributed by atoms with Crippen molar-refractivity contribution >= 4 is 22.6 Å². The number of benzene rings is 2. The molecule has 1 aliphatic rings. The highest BCUT2D eigenvalue weighted by molar-refractivity contribution is 6.08. The van der Waals surface area contributed by atoms with Crippen LogP contribution >= 0.6 is 0 Å². The van der Waals surface area contributed by atoms with Gasteiger partial charge in [-0.1, -0.05) is 43.3 Å². The summed E-state index contributed by atoms with van der Waals surface area (Å²) in [4.78, 5) is 27.0. The molecule has 1 fully saturated rings. The van der Waals surface area contributed by atoms with Crippen molar-refractivity contribution in [3.05, 3.63) is 60.7 Å². The predicted octanol–water partition coefficient (Wildman–Crippen LogP) is 4.18. The normalized spacial score (nSPS) is 21.4. The summed E-state index contributed by atoms with van der Waals surface area (Å²) in [5.41, 5.74) is 0.0619. The first-order valence-corrected chi connectivity index (χ1v) is 8.01. The van der Waals surface area contributed by atoms with Gasteiger partial charge in [0.15, 0.2) is 0 Å². The van der Waals surface area contributed by atoms with Gasteiger partial charge in [0.25, 0.3) is 5.91 Å². The van der Waals surface area contributed by atoms with Crippen LogP contribution in [0.15, 0.2) is 55.1 Å². The monoisotopic (exact) mass is 307 g/mol. The first kappa shape index (κ1) is 15.5. The Morgan fingerprint density at radius 3 is 2.74 bits per heavy atom. The van der Waals surface area contributed by atoms with Crippen LogP contribution < -0.4 is 0 Å². The number of carbonyl (C=O) groups is 2. The molecule has 0 radical (unpaired) electrons. The van der Waals surface area contributed by atoms with Crippen LogP contribution in [0.2, 0.25) is 0 Å². The molecule has 0 spiro atoms. The first-order valence-electron chi connectivity index (χ1n) is 8.01. The van der Waals surface area contributed by atoms with Gasteiger partial charge in [0, 0.05) is 12.1 Å². The second kappa shape index (κ2) is 5.99. The number of allylic oxidation sites excluding steroid dienone is 1. The lowest BCUT2D eigenvalue weighted by Gasteiger charge is -2.37. The zero-order chi connectivity index (χ0) is 16.4. The van der Waals surface area contributed by atoms with Crippen LogP contribution in [0.3, 0.4) is 0 Å². The number of likely N-dealkylation sites (tertiary alicyclic amines) is 1. The van der Waals surface area contributed by atoms with Crippen molar-refractivity contribution in [1.29, 1.82) is 0 Å². The number of amides is 2. The summed E-state index contributed by atoms with van der Waals surface area (Å²) in [6.45, 7) is 6.17. The highest BCUT2D eigenvalue weighted by Crippen LogP contribution is 2.35. The van der Waals surface area contributed by atoms with Crippen molar-refractivity contribution in [2.45, 2.75) is 26.2 Å². The smallest absolute Gasteiger partial charge is 0.260 e. The Labute approximate surface area is 136 Å². The highest BCUT2D eigenvalue weighted by atomic mass is 16.2. The molecule has 23 heavy (non-hydrogen) atoms. The van der Waals surface area contributed by atoms with E-state index in [2.05, 4.69) is 6.58 Å². The molecule has 1 heterocycles. The minimum Gasteiger partial charge on any atom is -0.278 e. The lowest BCUT2D eigenvalue weighted by Crippen LogP contribution is -2.49. The van der Waals surface area contributed by atoms with E-state index >= 15 is 0 Å². The summed E-state index contributed by atoms with van der Waals surface area (Å²) in [5.74, 6) is -0.280. The minimum absolute atomic E-state index is 0.0817. The predicted molar refractivity (Wildman–Crippen MR) is 92.1 cm³/mol. The van der Waals surface area contributed by atoms with Gasteiger partial charge in [-0.2, -0.15) is 0 Å². The summed E-state index contributed by atoms with van der Waals surface area (Å²) >= 11 is 0. The van der Waals surface area contributed by atoms with Crippen LogP contribution in [0, 0.1) is 5.41 Å². The van der Waals surface area contributed by atoms with Gasteiger partial charge in [0.05, 0.1) is 5.41 Å². The number of imide groups is 1. The van der Waals surface area contributed by atoms with Crippen molar-refractivity contribution in [3.63, 3.8) is 0 Å². The van der Waals surface area contributed by atoms with Gasteiger partial charge >= 0.3 is 0 Å². The molecule has 3 heteroatoms. The molecule has 0 unspecified atom stereocenters. The molecule has 0 N–H and O–H groups in total. The van der Waals surface area contributed by atoms with Crippen LogP contribution in [0.4, 0.5) is 0 Å². The number of carbonyl (C=O) groups excluding carboxylic acids is 2. The van der Waals surface area contributed by atoms with E-state index in [1.54, 1.807) is 12.1 Å². The molecule has 1 aliphatic heterocycles. The summed E-state index contributed by atoms with van der Waals surface area (Å²) in [7, 11) is 0. The standard InChI is InChI=1S/C20H21NO2/c1-3-11-20(2)12-6-13-21(19(20)23)18(22)17-10-9-15-7-4-5-8-16(15)14-17/h3-5,7-10,14H,1,6,11-13H2,2H3/t20-/m1/s1. The minimum atomic E-state index is -0.507. The molecule has 0 saturated carbocycles. The number of fused-ring (bicyclic) bond motifs is 1. The molecular weight excluding hydrogens is 286 g/mol. The van der Waals surface area contributed by atoms with Crippen LogP contribution in [0.1, 0.15) is 36.5 Å². The van der Waals surface area contributed by atoms with Crippen LogP contribution in [0.5, 0.6) is 0 Å². The van der Waals surface area contributed by atoms with Gasteiger partial charge in [-0.15, -0.1) is 6.58 Å². The summed E-state index contributed by atoms with van der Waals surface area (Å²) < 4.78 is 0.